The number of hydrogen-bond acceptors (Lipinski definition) is 1. The fourth-order valence-electron chi connectivity index (χ4n) is 1.57. The Labute approximate surface area is 135 Å². The lowest BCUT2D eigenvalue weighted by molar-refractivity contribution is 1.30. The third-order valence-corrected chi connectivity index (χ3v) is 2.55. The van der Waals surface area contributed by atoms with Gasteiger partial charge in [-0.1, -0.05) is 86.6 Å². The Balaban J connectivity index is 5.86. The summed E-state index contributed by atoms with van der Waals surface area (Å²) in [5.74, 6) is 0. The van der Waals surface area contributed by atoms with Gasteiger partial charge in [-0.15, -0.1) is 0 Å². The third-order valence-electron chi connectivity index (χ3n) is 2.55. The van der Waals surface area contributed by atoms with Gasteiger partial charge in [-0.25, -0.2) is 0 Å². The summed E-state index contributed by atoms with van der Waals surface area (Å²) in [5.41, 5.74) is 3.76. The molecule has 0 saturated heterocycles. The summed E-state index contributed by atoms with van der Waals surface area (Å²) in [6.45, 7) is 18.8. The first kappa shape index (κ1) is 19.3. The Bertz CT molecular complexity index is 587. The Morgan fingerprint density at radius 3 is 1.91 bits per heavy atom. The molecule has 0 spiro atoms. The first-order valence-electron chi connectivity index (χ1n) is 7.06. The van der Waals surface area contributed by atoms with Crippen molar-refractivity contribution in [2.24, 2.45) is 4.99 Å². The molecule has 0 unspecified atom stereocenters. The van der Waals surface area contributed by atoms with Crippen LogP contribution in [0.25, 0.3) is 0 Å². The zero-order valence-electron chi connectivity index (χ0n) is 13.6. The maximum Gasteiger partial charge on any atom is 0.0705 e. The van der Waals surface area contributed by atoms with Crippen LogP contribution in [-0.4, -0.2) is 5.71 Å². The van der Waals surface area contributed by atoms with Gasteiger partial charge >= 0.3 is 0 Å². The van der Waals surface area contributed by atoms with Crippen LogP contribution in [0.15, 0.2) is 115 Å². The number of allylic oxidation sites excluding steroid dienone is 14. The Morgan fingerprint density at radius 2 is 1.36 bits per heavy atom. The average Bonchev–Trinajstić information content (AvgIpc) is 2.48. The van der Waals surface area contributed by atoms with Gasteiger partial charge in [0.25, 0.3) is 0 Å². The van der Waals surface area contributed by atoms with Crippen molar-refractivity contribution in [3.05, 3.63) is 110 Å². The van der Waals surface area contributed by atoms with Crippen LogP contribution in [0.2, 0.25) is 0 Å². The monoisotopic (exact) mass is 291 g/mol. The minimum absolute atomic E-state index is 0.838. The van der Waals surface area contributed by atoms with Crippen LogP contribution in [-0.2, 0) is 0 Å². The lowest BCUT2D eigenvalue weighted by Gasteiger charge is -2.04. The van der Waals surface area contributed by atoms with Crippen molar-refractivity contribution in [2.45, 2.75) is 13.8 Å². The maximum atomic E-state index is 4.64. The second-order valence-corrected chi connectivity index (χ2v) is 4.47. The van der Waals surface area contributed by atoms with Crippen LogP contribution in [0.3, 0.4) is 0 Å². The quantitative estimate of drug-likeness (QED) is 0.361. The minimum Gasteiger partial charge on any atom is -0.253 e. The molecule has 0 aromatic rings. The molecule has 0 bridgehead atoms. The van der Waals surface area contributed by atoms with Crippen LogP contribution < -0.4 is 0 Å². The molecule has 1 nitrogen and oxygen atoms in total. The summed E-state index contributed by atoms with van der Waals surface area (Å²) in [7, 11) is 0. The molecule has 0 heterocycles. The van der Waals surface area contributed by atoms with Gasteiger partial charge in [0, 0.05) is 11.3 Å². The van der Waals surface area contributed by atoms with E-state index >= 15 is 0 Å². The van der Waals surface area contributed by atoms with E-state index in [1.54, 1.807) is 24.3 Å². The van der Waals surface area contributed by atoms with Gasteiger partial charge in [0.05, 0.1) is 5.71 Å². The maximum absolute atomic E-state index is 4.64. The highest BCUT2D eigenvalue weighted by Crippen LogP contribution is 2.09. The number of rotatable bonds is 9. The van der Waals surface area contributed by atoms with E-state index in [0.717, 1.165) is 22.6 Å². The van der Waals surface area contributed by atoms with E-state index in [1.165, 1.54) is 0 Å². The summed E-state index contributed by atoms with van der Waals surface area (Å²) in [5, 5.41) is 0. The molecule has 0 aliphatic heterocycles. The molecule has 0 aromatic carbocycles. The summed E-state index contributed by atoms with van der Waals surface area (Å²) < 4.78 is 0. The fraction of sp³-hybridized carbons (Fsp3) is 0.0952. The fourth-order valence-corrected chi connectivity index (χ4v) is 1.57. The van der Waals surface area contributed by atoms with E-state index in [-0.39, 0.29) is 0 Å². The first-order chi connectivity index (χ1) is 10.6. The zero-order chi connectivity index (χ0) is 16.8. The van der Waals surface area contributed by atoms with Crippen molar-refractivity contribution in [3.8, 4) is 0 Å². The Morgan fingerprint density at radius 1 is 0.727 bits per heavy atom. The summed E-state index contributed by atoms with van der Waals surface area (Å²) >= 11 is 0. The minimum atomic E-state index is 0.838. The van der Waals surface area contributed by atoms with Crippen LogP contribution in [0, 0.1) is 0 Å². The highest BCUT2D eigenvalue weighted by Gasteiger charge is 2.00. The van der Waals surface area contributed by atoms with Gasteiger partial charge in [-0.05, 0) is 26.0 Å². The van der Waals surface area contributed by atoms with E-state index in [1.807, 2.05) is 56.4 Å². The standard InChI is InChI=1S/C21H25N/c1-7-11-15-20(14-10-4)21(22-19(6)13-9-3)17-16-18(5)12-8-2/h7-17H,1-4H2,5-6H3/b15-11-,17-16-,18-12+,19-13+,20-14+,22-21+. The molecule has 22 heavy (non-hydrogen) atoms. The van der Waals surface area contributed by atoms with Crippen molar-refractivity contribution in [2.75, 3.05) is 0 Å². The van der Waals surface area contributed by atoms with Crippen molar-refractivity contribution >= 4 is 5.71 Å². The van der Waals surface area contributed by atoms with Crippen LogP contribution in [0.4, 0.5) is 0 Å². The van der Waals surface area contributed by atoms with Gasteiger partial charge < -0.3 is 0 Å². The SMILES string of the molecule is C=C/C=C\C(=C/C=C)C(/C=C\C(C)=C\C=C)=N/C(C)=C/C=C. The molecule has 0 aliphatic carbocycles. The van der Waals surface area contributed by atoms with Crippen LogP contribution >= 0.6 is 0 Å². The van der Waals surface area contributed by atoms with E-state index in [9.17, 15) is 0 Å². The highest BCUT2D eigenvalue weighted by atomic mass is 14.7. The van der Waals surface area contributed by atoms with Crippen molar-refractivity contribution in [1.29, 1.82) is 0 Å². The van der Waals surface area contributed by atoms with Gasteiger partial charge in [0.1, 0.15) is 0 Å². The van der Waals surface area contributed by atoms with Crippen molar-refractivity contribution in [1.82, 2.24) is 0 Å². The second-order valence-electron chi connectivity index (χ2n) is 4.47. The third kappa shape index (κ3) is 8.49. The van der Waals surface area contributed by atoms with E-state index < -0.39 is 0 Å². The van der Waals surface area contributed by atoms with Gasteiger partial charge in [0.15, 0.2) is 0 Å². The molecule has 0 N–H and O–H groups in total. The van der Waals surface area contributed by atoms with Gasteiger partial charge in [0.2, 0.25) is 0 Å². The van der Waals surface area contributed by atoms with Crippen LogP contribution in [0.1, 0.15) is 13.8 Å². The number of hydrogen-bond donors (Lipinski definition) is 0. The van der Waals surface area contributed by atoms with E-state index in [0.29, 0.717) is 0 Å². The summed E-state index contributed by atoms with van der Waals surface area (Å²) in [6.07, 6.45) is 20.5. The molecule has 0 aliphatic rings. The molecular weight excluding hydrogens is 266 g/mol. The Hall–Kier alpha value is -2.67. The first-order valence-corrected chi connectivity index (χ1v) is 7.06. The molecule has 114 valence electrons. The van der Waals surface area contributed by atoms with Crippen molar-refractivity contribution in [3.63, 3.8) is 0 Å². The topological polar surface area (TPSA) is 12.4 Å². The molecule has 0 aromatic heterocycles. The average molecular weight is 291 g/mol. The van der Waals surface area contributed by atoms with Gasteiger partial charge in [-0.3, -0.25) is 4.99 Å². The molecule has 0 rings (SSSR count). The summed E-state index contributed by atoms with van der Waals surface area (Å²) in [6, 6.07) is 0. The second kappa shape index (κ2) is 12.1. The smallest absolute Gasteiger partial charge is 0.0705 e. The summed E-state index contributed by atoms with van der Waals surface area (Å²) in [4.78, 5) is 4.64. The van der Waals surface area contributed by atoms with Crippen molar-refractivity contribution < 1.29 is 0 Å². The van der Waals surface area contributed by atoms with E-state index in [2.05, 4.69) is 31.3 Å². The predicted octanol–water partition coefficient (Wildman–Crippen LogP) is 6.06. The normalized spacial score (nSPS) is 14.5. The number of aliphatic imine (C=N–C) groups is 1. The lowest BCUT2D eigenvalue weighted by atomic mass is 10.1. The highest BCUT2D eigenvalue weighted by molar-refractivity contribution is 6.11. The number of nitrogens with zero attached hydrogens (tertiary/aromatic N) is 1. The largest absolute Gasteiger partial charge is 0.253 e. The lowest BCUT2D eigenvalue weighted by Crippen LogP contribution is -1.98. The molecule has 0 fully saturated rings. The predicted molar refractivity (Wildman–Crippen MR) is 102 cm³/mol. The molecule has 1 heteroatoms. The zero-order valence-corrected chi connectivity index (χ0v) is 13.6. The molecule has 0 radical (unpaired) electrons. The molecule has 0 saturated carbocycles. The Kier molecular flexibility index (Phi) is 10.6. The molecular formula is C21H25N. The van der Waals surface area contributed by atoms with Crippen LogP contribution in [0.5, 0.6) is 0 Å². The van der Waals surface area contributed by atoms with Gasteiger partial charge in [-0.2, -0.15) is 0 Å². The molecule has 0 amide bonds. The molecule has 0 atom stereocenters. The van der Waals surface area contributed by atoms with E-state index in [4.69, 9.17) is 0 Å².